The SMILES string of the molecule is CCCCCCCCCOc1ccc(-c2ccc(C(=O)N(C)Cc3cccc(-c4ccc(CC5SC(=O)NC5=O)cc4)c3)cc2)cc1. The number of carbonyl (C=O) groups excluding carboxylic acids is 3. The van der Waals surface area contributed by atoms with Gasteiger partial charge >= 0.3 is 0 Å². The van der Waals surface area contributed by atoms with E-state index in [0.717, 1.165) is 63.9 Å². The molecule has 1 aliphatic heterocycles. The smallest absolute Gasteiger partial charge is 0.286 e. The van der Waals surface area contributed by atoms with E-state index in [0.29, 0.717) is 18.5 Å². The second-order valence-electron chi connectivity index (χ2n) is 12.2. The van der Waals surface area contributed by atoms with Crippen molar-refractivity contribution in [1.82, 2.24) is 10.2 Å². The van der Waals surface area contributed by atoms with Crippen LogP contribution >= 0.6 is 11.8 Å². The molecule has 1 N–H and O–H groups in total. The summed E-state index contributed by atoms with van der Waals surface area (Å²) in [7, 11) is 1.82. The van der Waals surface area contributed by atoms with Gasteiger partial charge in [0.1, 0.15) is 5.75 Å². The maximum atomic E-state index is 13.3. The summed E-state index contributed by atoms with van der Waals surface area (Å²) >= 11 is 1.05. The lowest BCUT2D eigenvalue weighted by atomic mass is 10.00. The minimum Gasteiger partial charge on any atom is -0.494 e. The summed E-state index contributed by atoms with van der Waals surface area (Å²) in [5, 5.41) is 1.68. The molecule has 1 fully saturated rings. The number of hydrogen-bond donors (Lipinski definition) is 1. The predicted octanol–water partition coefficient (Wildman–Crippen LogP) is 9.32. The monoisotopic (exact) mass is 648 g/mol. The molecule has 244 valence electrons. The van der Waals surface area contributed by atoms with Crippen molar-refractivity contribution in [2.24, 2.45) is 0 Å². The van der Waals surface area contributed by atoms with Crippen LogP contribution in [0.1, 0.15) is 73.4 Å². The van der Waals surface area contributed by atoms with Gasteiger partial charge in [0.2, 0.25) is 5.91 Å². The minimum atomic E-state index is -0.378. The molecule has 6 nitrogen and oxygen atoms in total. The topological polar surface area (TPSA) is 75.7 Å². The van der Waals surface area contributed by atoms with Gasteiger partial charge in [-0.25, -0.2) is 0 Å². The number of nitrogens with zero attached hydrogens (tertiary/aromatic N) is 1. The molecule has 1 aliphatic rings. The van der Waals surface area contributed by atoms with Crippen molar-refractivity contribution in [3.63, 3.8) is 0 Å². The number of carbonyl (C=O) groups is 3. The molecule has 4 aromatic carbocycles. The molecular formula is C40H44N2O4S. The molecule has 0 bridgehead atoms. The van der Waals surface area contributed by atoms with Crippen molar-refractivity contribution < 1.29 is 19.1 Å². The molecule has 7 heteroatoms. The van der Waals surface area contributed by atoms with Crippen LogP contribution in [0.4, 0.5) is 4.79 Å². The quantitative estimate of drug-likeness (QED) is 0.123. The number of amides is 3. The Hall–Kier alpha value is -4.36. The second-order valence-corrected chi connectivity index (χ2v) is 13.4. The molecule has 1 saturated heterocycles. The van der Waals surface area contributed by atoms with Crippen LogP contribution in [-0.4, -0.2) is 40.9 Å². The lowest BCUT2D eigenvalue weighted by molar-refractivity contribution is -0.118. The molecule has 0 aromatic heterocycles. The van der Waals surface area contributed by atoms with E-state index >= 15 is 0 Å². The van der Waals surface area contributed by atoms with Crippen LogP contribution in [0.25, 0.3) is 22.3 Å². The standard InChI is InChI=1S/C40H44N2O4S/c1-3-4-5-6-7-8-9-25-46-36-23-21-32(22-24-36)31-17-19-34(20-18-31)39(44)42(2)28-30-11-10-12-35(26-30)33-15-13-29(14-16-33)27-37-38(43)41-40(45)47-37/h10-24,26,37H,3-9,25,27-28H2,1-2H3,(H,41,43,45). The van der Waals surface area contributed by atoms with Crippen molar-refractivity contribution >= 4 is 28.8 Å². The van der Waals surface area contributed by atoms with Gasteiger partial charge in [-0.3, -0.25) is 19.7 Å². The number of benzene rings is 4. The van der Waals surface area contributed by atoms with E-state index in [4.69, 9.17) is 4.74 Å². The lowest BCUT2D eigenvalue weighted by Gasteiger charge is -2.18. The zero-order valence-corrected chi connectivity index (χ0v) is 28.2. The number of nitrogens with one attached hydrogen (secondary N) is 1. The number of hydrogen-bond acceptors (Lipinski definition) is 5. The highest BCUT2D eigenvalue weighted by Gasteiger charge is 2.31. The summed E-state index contributed by atoms with van der Waals surface area (Å²) in [6.45, 7) is 3.48. The first kappa shape index (κ1) is 34.0. The van der Waals surface area contributed by atoms with E-state index in [1.807, 2.05) is 85.9 Å². The molecule has 1 heterocycles. The van der Waals surface area contributed by atoms with E-state index in [-0.39, 0.29) is 22.3 Å². The molecule has 47 heavy (non-hydrogen) atoms. The molecule has 0 saturated carbocycles. The fourth-order valence-corrected chi connectivity index (χ4v) is 6.65. The Morgan fingerprint density at radius 1 is 0.745 bits per heavy atom. The van der Waals surface area contributed by atoms with E-state index in [1.165, 1.54) is 38.5 Å². The van der Waals surface area contributed by atoms with Gasteiger partial charge < -0.3 is 9.64 Å². The van der Waals surface area contributed by atoms with Crippen LogP contribution in [0.5, 0.6) is 5.75 Å². The first-order valence-electron chi connectivity index (χ1n) is 16.7. The third-order valence-electron chi connectivity index (χ3n) is 8.50. The number of imide groups is 1. The Balaban J connectivity index is 1.11. The van der Waals surface area contributed by atoms with Gasteiger partial charge in [-0.05, 0) is 76.6 Å². The van der Waals surface area contributed by atoms with Gasteiger partial charge in [0.15, 0.2) is 0 Å². The molecule has 3 amide bonds. The number of rotatable bonds is 16. The second kappa shape index (κ2) is 17.0. The van der Waals surface area contributed by atoms with Crippen LogP contribution in [0.3, 0.4) is 0 Å². The summed E-state index contributed by atoms with van der Waals surface area (Å²) in [6.07, 6.45) is 9.40. The normalized spacial score (nSPS) is 14.2. The minimum absolute atomic E-state index is 0.0345. The molecule has 0 spiro atoms. The molecule has 0 radical (unpaired) electrons. The summed E-state index contributed by atoms with van der Waals surface area (Å²) < 4.78 is 5.94. The van der Waals surface area contributed by atoms with Crippen molar-refractivity contribution in [3.05, 3.63) is 114 Å². The fourth-order valence-electron chi connectivity index (χ4n) is 5.79. The van der Waals surface area contributed by atoms with Crippen LogP contribution in [-0.2, 0) is 17.8 Å². The highest BCUT2D eigenvalue weighted by Crippen LogP contribution is 2.27. The Morgan fingerprint density at radius 2 is 1.36 bits per heavy atom. The zero-order chi connectivity index (χ0) is 33.0. The van der Waals surface area contributed by atoms with E-state index in [2.05, 4.69) is 30.4 Å². The van der Waals surface area contributed by atoms with Crippen molar-refractivity contribution in [2.45, 2.75) is 70.1 Å². The molecule has 4 aromatic rings. The van der Waals surface area contributed by atoms with Crippen LogP contribution < -0.4 is 10.1 Å². The average Bonchev–Trinajstić information content (AvgIpc) is 3.41. The maximum absolute atomic E-state index is 13.3. The van der Waals surface area contributed by atoms with Gasteiger partial charge in [-0.2, -0.15) is 0 Å². The molecular weight excluding hydrogens is 605 g/mol. The first-order chi connectivity index (χ1) is 22.9. The summed E-state index contributed by atoms with van der Waals surface area (Å²) in [6, 6.07) is 32.2. The number of unbranched alkanes of at least 4 members (excludes halogenated alkanes) is 6. The van der Waals surface area contributed by atoms with Crippen molar-refractivity contribution in [1.29, 1.82) is 0 Å². The van der Waals surface area contributed by atoms with E-state index < -0.39 is 0 Å². The van der Waals surface area contributed by atoms with Crippen molar-refractivity contribution in [2.75, 3.05) is 13.7 Å². The lowest BCUT2D eigenvalue weighted by Crippen LogP contribution is -2.26. The summed E-state index contributed by atoms with van der Waals surface area (Å²) in [5.74, 6) is 0.630. The first-order valence-corrected chi connectivity index (χ1v) is 17.6. The molecule has 0 aliphatic carbocycles. The Kier molecular flexibility index (Phi) is 12.3. The third kappa shape index (κ3) is 9.82. The fraction of sp³-hybridized carbons (Fsp3) is 0.325. The Morgan fingerprint density at radius 3 is 2.02 bits per heavy atom. The predicted molar refractivity (Wildman–Crippen MR) is 192 cm³/mol. The van der Waals surface area contributed by atoms with Gasteiger partial charge in [0.05, 0.1) is 11.9 Å². The maximum Gasteiger partial charge on any atom is 0.286 e. The van der Waals surface area contributed by atoms with Crippen LogP contribution in [0.2, 0.25) is 0 Å². The zero-order valence-electron chi connectivity index (χ0n) is 27.4. The Bertz CT molecular complexity index is 1630. The largest absolute Gasteiger partial charge is 0.494 e. The van der Waals surface area contributed by atoms with E-state index in [9.17, 15) is 14.4 Å². The highest BCUT2D eigenvalue weighted by atomic mass is 32.2. The molecule has 5 rings (SSSR count). The average molecular weight is 649 g/mol. The molecule has 1 atom stereocenters. The van der Waals surface area contributed by atoms with Crippen LogP contribution in [0.15, 0.2) is 97.1 Å². The van der Waals surface area contributed by atoms with Gasteiger partial charge in [-0.15, -0.1) is 0 Å². The third-order valence-corrected chi connectivity index (χ3v) is 9.49. The van der Waals surface area contributed by atoms with Crippen LogP contribution in [0, 0.1) is 0 Å². The number of ether oxygens (including phenoxy) is 1. The summed E-state index contributed by atoms with van der Waals surface area (Å²) in [4.78, 5) is 38.4. The number of thioether (sulfide) groups is 1. The van der Waals surface area contributed by atoms with Gasteiger partial charge in [0, 0.05) is 19.2 Å². The van der Waals surface area contributed by atoms with Gasteiger partial charge in [-0.1, -0.05) is 124 Å². The summed E-state index contributed by atoms with van der Waals surface area (Å²) in [5.41, 5.74) is 6.93. The van der Waals surface area contributed by atoms with E-state index in [1.54, 1.807) is 4.90 Å². The molecule has 1 unspecified atom stereocenters. The van der Waals surface area contributed by atoms with Gasteiger partial charge in [0.25, 0.3) is 11.1 Å². The highest BCUT2D eigenvalue weighted by molar-refractivity contribution is 8.15. The Labute approximate surface area is 282 Å². The van der Waals surface area contributed by atoms with Crippen molar-refractivity contribution in [3.8, 4) is 28.0 Å².